The molecule has 0 aliphatic rings. The van der Waals surface area contributed by atoms with Crippen molar-refractivity contribution in [3.05, 3.63) is 57.8 Å². The normalized spacial score (nSPS) is 13.7. The molecular formula is C18H21NO3S. The van der Waals surface area contributed by atoms with E-state index in [4.69, 9.17) is 0 Å². The average molecular weight is 331 g/mol. The highest BCUT2D eigenvalue weighted by molar-refractivity contribution is 7.12. The third kappa shape index (κ3) is 3.86. The van der Waals surface area contributed by atoms with Crippen LogP contribution in [-0.2, 0) is 10.2 Å². The van der Waals surface area contributed by atoms with Crippen molar-refractivity contribution in [1.82, 2.24) is 4.90 Å². The Labute approximate surface area is 140 Å². The summed E-state index contributed by atoms with van der Waals surface area (Å²) in [6.45, 7) is 2.41. The van der Waals surface area contributed by atoms with Gasteiger partial charge >= 0.3 is 5.97 Å². The van der Waals surface area contributed by atoms with Gasteiger partial charge in [-0.3, -0.25) is 9.59 Å². The van der Waals surface area contributed by atoms with Crippen LogP contribution in [0.15, 0.2) is 41.8 Å². The third-order valence-electron chi connectivity index (χ3n) is 4.06. The molecule has 1 N–H and O–H groups in total. The lowest BCUT2D eigenvalue weighted by Crippen LogP contribution is -2.35. The second-order valence-corrected chi connectivity index (χ2v) is 7.02. The molecule has 0 fully saturated rings. The molecule has 5 heteroatoms. The highest BCUT2D eigenvalue weighted by Gasteiger charge is 2.35. The van der Waals surface area contributed by atoms with Crippen LogP contribution in [0.1, 0.15) is 34.1 Å². The summed E-state index contributed by atoms with van der Waals surface area (Å²) in [5.41, 5.74) is 0.334. The van der Waals surface area contributed by atoms with E-state index < -0.39 is 11.4 Å². The summed E-state index contributed by atoms with van der Waals surface area (Å²) in [5, 5.41) is 11.5. The Hall–Kier alpha value is -1.98. The number of hydrogen-bond acceptors (Lipinski definition) is 4. The molecule has 1 aromatic carbocycles. The minimum Gasteiger partial charge on any atom is -0.481 e. The van der Waals surface area contributed by atoms with Crippen molar-refractivity contribution < 1.29 is 14.7 Å². The second-order valence-electron chi connectivity index (χ2n) is 6.07. The van der Waals surface area contributed by atoms with E-state index in [1.54, 1.807) is 37.3 Å². The van der Waals surface area contributed by atoms with E-state index in [9.17, 15) is 14.7 Å². The summed E-state index contributed by atoms with van der Waals surface area (Å²) in [5.74, 6) is -0.881. The molecule has 1 aromatic heterocycles. The molecule has 122 valence electrons. The fourth-order valence-electron chi connectivity index (χ4n) is 2.36. The van der Waals surface area contributed by atoms with Crippen LogP contribution in [0.2, 0.25) is 0 Å². The highest BCUT2D eigenvalue weighted by Crippen LogP contribution is 2.29. The maximum Gasteiger partial charge on any atom is 0.313 e. The van der Waals surface area contributed by atoms with Gasteiger partial charge in [-0.15, -0.1) is 11.3 Å². The summed E-state index contributed by atoms with van der Waals surface area (Å²) in [4.78, 5) is 26.7. The fraction of sp³-hybridized carbons (Fsp3) is 0.333. The van der Waals surface area contributed by atoms with Crippen LogP contribution in [0, 0.1) is 0 Å². The van der Waals surface area contributed by atoms with Crippen molar-refractivity contribution in [1.29, 1.82) is 0 Å². The van der Waals surface area contributed by atoms with E-state index in [-0.39, 0.29) is 5.78 Å². The lowest BCUT2D eigenvalue weighted by molar-refractivity contribution is -0.143. The van der Waals surface area contributed by atoms with Crippen LogP contribution in [0.3, 0.4) is 0 Å². The van der Waals surface area contributed by atoms with Crippen molar-refractivity contribution in [2.24, 2.45) is 0 Å². The number of carbonyl (C=O) groups is 2. The summed E-state index contributed by atoms with van der Waals surface area (Å²) in [6.07, 6.45) is 0.507. The number of aliphatic carboxylic acids is 1. The quantitative estimate of drug-likeness (QED) is 0.791. The predicted octanol–water partition coefficient (Wildman–Crippen LogP) is 3.27. The van der Waals surface area contributed by atoms with Gasteiger partial charge in [0.05, 0.1) is 10.3 Å². The molecule has 0 bridgehead atoms. The van der Waals surface area contributed by atoms with Crippen LogP contribution in [0.4, 0.5) is 0 Å². The Morgan fingerprint density at radius 2 is 1.83 bits per heavy atom. The van der Waals surface area contributed by atoms with Gasteiger partial charge in [-0.05, 0) is 51.0 Å². The maximum atomic E-state index is 12.3. The first-order valence-electron chi connectivity index (χ1n) is 7.41. The first kappa shape index (κ1) is 17.4. The van der Waals surface area contributed by atoms with Crippen molar-refractivity contribution in [2.75, 3.05) is 20.6 Å². The summed E-state index contributed by atoms with van der Waals surface area (Å²) < 4.78 is 0. The number of thiophene rings is 1. The Balaban J connectivity index is 2.25. The van der Waals surface area contributed by atoms with Crippen molar-refractivity contribution in [2.45, 2.75) is 18.8 Å². The Morgan fingerprint density at radius 3 is 2.30 bits per heavy atom. The molecule has 0 spiro atoms. The summed E-state index contributed by atoms with van der Waals surface area (Å²) >= 11 is 1.40. The molecule has 1 atom stereocenters. The first-order valence-corrected chi connectivity index (χ1v) is 8.29. The molecule has 0 radical (unpaired) electrons. The zero-order valence-electron chi connectivity index (χ0n) is 13.6. The van der Waals surface area contributed by atoms with E-state index >= 15 is 0 Å². The molecule has 1 unspecified atom stereocenters. The van der Waals surface area contributed by atoms with Crippen molar-refractivity contribution in [3.63, 3.8) is 0 Å². The number of benzene rings is 1. The molecule has 0 aliphatic heterocycles. The molecule has 23 heavy (non-hydrogen) atoms. The largest absolute Gasteiger partial charge is 0.481 e. The van der Waals surface area contributed by atoms with Gasteiger partial charge in [-0.1, -0.05) is 30.3 Å². The Morgan fingerprint density at radius 1 is 1.17 bits per heavy atom. The molecular weight excluding hydrogens is 310 g/mol. The van der Waals surface area contributed by atoms with Crippen molar-refractivity contribution in [3.8, 4) is 0 Å². The topological polar surface area (TPSA) is 57.6 Å². The molecule has 2 rings (SSSR count). The zero-order valence-corrected chi connectivity index (χ0v) is 14.4. The summed E-state index contributed by atoms with van der Waals surface area (Å²) in [6, 6.07) is 10.6. The van der Waals surface area contributed by atoms with Crippen LogP contribution in [-0.4, -0.2) is 42.4 Å². The first-order chi connectivity index (χ1) is 10.8. The van der Waals surface area contributed by atoms with Gasteiger partial charge in [-0.25, -0.2) is 0 Å². The van der Waals surface area contributed by atoms with Crippen LogP contribution >= 0.6 is 11.3 Å². The second kappa shape index (κ2) is 7.06. The smallest absolute Gasteiger partial charge is 0.313 e. The Kier molecular flexibility index (Phi) is 5.34. The van der Waals surface area contributed by atoms with Gasteiger partial charge in [0, 0.05) is 5.56 Å². The van der Waals surface area contributed by atoms with Gasteiger partial charge in [0.1, 0.15) is 0 Å². The maximum absolute atomic E-state index is 12.3. The molecule has 2 aromatic rings. The average Bonchev–Trinajstić information content (AvgIpc) is 3.06. The van der Waals surface area contributed by atoms with E-state index in [0.717, 1.165) is 5.56 Å². The zero-order chi connectivity index (χ0) is 17.0. The Bertz CT molecular complexity index is 677. The van der Waals surface area contributed by atoms with E-state index in [1.807, 2.05) is 30.4 Å². The predicted molar refractivity (Wildman–Crippen MR) is 92.4 cm³/mol. The van der Waals surface area contributed by atoms with Crippen LogP contribution in [0.25, 0.3) is 0 Å². The van der Waals surface area contributed by atoms with Gasteiger partial charge < -0.3 is 10.0 Å². The number of nitrogens with zero attached hydrogens (tertiary/aromatic N) is 1. The number of carbonyl (C=O) groups excluding carboxylic acids is 1. The summed E-state index contributed by atoms with van der Waals surface area (Å²) in [7, 11) is 3.84. The highest BCUT2D eigenvalue weighted by atomic mass is 32.1. The van der Waals surface area contributed by atoms with Gasteiger partial charge in [0.15, 0.2) is 0 Å². The van der Waals surface area contributed by atoms with Crippen molar-refractivity contribution >= 4 is 23.1 Å². The molecule has 0 saturated heterocycles. The molecule has 4 nitrogen and oxygen atoms in total. The SMILES string of the molecule is CN(C)CCC(C)(C(=O)O)c1ccc(C(=O)c2cccs2)cc1. The molecule has 0 saturated carbocycles. The minimum atomic E-state index is -0.964. The van der Waals surface area contributed by atoms with E-state index in [0.29, 0.717) is 23.4 Å². The number of rotatable bonds is 7. The van der Waals surface area contributed by atoms with E-state index in [1.165, 1.54) is 11.3 Å². The lowest BCUT2D eigenvalue weighted by Gasteiger charge is -2.27. The number of carboxylic acid groups (broad SMARTS) is 1. The number of ketones is 1. The standard InChI is InChI=1S/C18H21NO3S/c1-18(17(21)22,10-11-19(2)3)14-8-6-13(7-9-14)16(20)15-5-4-12-23-15/h4-9,12H,10-11H2,1-3H3,(H,21,22). The van der Waals surface area contributed by atoms with E-state index in [2.05, 4.69) is 0 Å². The number of hydrogen-bond donors (Lipinski definition) is 1. The van der Waals surface area contributed by atoms with Crippen LogP contribution < -0.4 is 0 Å². The molecule has 0 aliphatic carbocycles. The lowest BCUT2D eigenvalue weighted by atomic mass is 9.79. The van der Waals surface area contributed by atoms with Gasteiger partial charge in [-0.2, -0.15) is 0 Å². The number of carboxylic acids is 1. The molecule has 1 heterocycles. The minimum absolute atomic E-state index is 0.0307. The van der Waals surface area contributed by atoms with Gasteiger partial charge in [0.2, 0.25) is 5.78 Å². The monoisotopic (exact) mass is 331 g/mol. The fourth-order valence-corrected chi connectivity index (χ4v) is 3.05. The third-order valence-corrected chi connectivity index (χ3v) is 4.93. The molecule has 0 amide bonds. The van der Waals surface area contributed by atoms with Gasteiger partial charge in [0.25, 0.3) is 0 Å². The van der Waals surface area contributed by atoms with Crippen LogP contribution in [0.5, 0.6) is 0 Å².